The van der Waals surface area contributed by atoms with E-state index in [4.69, 9.17) is 4.42 Å². The lowest BCUT2D eigenvalue weighted by molar-refractivity contribution is -0.137. The monoisotopic (exact) mass is 1790 g/mol. The maximum Gasteiger partial charge on any atom is 0.330 e. The first kappa shape index (κ1) is 123. The second-order valence-electron chi connectivity index (χ2n) is 27.1. The molecule has 0 fully saturated rings. The quantitative estimate of drug-likeness (QED) is 0.0139. The molecule has 0 spiro atoms. The van der Waals surface area contributed by atoms with E-state index in [0.29, 0.717) is 24.0 Å². The first-order chi connectivity index (χ1) is 62.9. The average Bonchev–Trinajstić information content (AvgIpc) is 1.85. The van der Waals surface area contributed by atoms with Gasteiger partial charge in [0.05, 0.1) is 24.9 Å². The third kappa shape index (κ3) is 79.7. The van der Waals surface area contributed by atoms with Crippen LogP contribution >= 0.6 is 11.3 Å². The number of hydrogen-bond donors (Lipinski definition) is 0. The second kappa shape index (κ2) is 87.5. The molecule has 0 saturated heterocycles. The molecule has 3 heterocycles. The van der Waals surface area contributed by atoms with Crippen LogP contribution in [0.3, 0.4) is 0 Å². The molecule has 692 valence electrons. The van der Waals surface area contributed by atoms with Crippen LogP contribution in [0.2, 0.25) is 0 Å². The van der Waals surface area contributed by atoms with Gasteiger partial charge in [-0.3, -0.25) is 57.7 Å². The second-order valence-corrected chi connectivity index (χ2v) is 28.1. The zero-order valence-corrected chi connectivity index (χ0v) is 80.1. The van der Waals surface area contributed by atoms with Crippen molar-refractivity contribution >= 4 is 112 Å². The zero-order chi connectivity index (χ0) is 98.7. The van der Waals surface area contributed by atoms with Gasteiger partial charge in [0.1, 0.15) is 12.0 Å². The zero-order valence-electron chi connectivity index (χ0n) is 79.3. The van der Waals surface area contributed by atoms with Gasteiger partial charge in [-0.2, -0.15) is 0 Å². The van der Waals surface area contributed by atoms with Crippen molar-refractivity contribution in [3.05, 3.63) is 426 Å². The number of benzene rings is 6. The summed E-state index contributed by atoms with van der Waals surface area (Å²) < 4.78 is 13.7. The van der Waals surface area contributed by atoms with Gasteiger partial charge in [-0.1, -0.05) is 321 Å². The van der Waals surface area contributed by atoms with Crippen LogP contribution in [0.15, 0.2) is 380 Å². The molecule has 17 nitrogen and oxygen atoms in total. The van der Waals surface area contributed by atoms with Crippen molar-refractivity contribution in [2.24, 2.45) is 11.8 Å². The number of unbranched alkanes of at least 4 members (excludes halogenated alkanes) is 3. The van der Waals surface area contributed by atoms with Crippen molar-refractivity contribution in [3.63, 3.8) is 0 Å². The molecule has 0 bridgehead atoms. The highest BCUT2D eigenvalue weighted by molar-refractivity contribution is 7.12. The average molecular weight is 1790 g/mol. The Balaban J connectivity index is -0.000000673. The Morgan fingerprint density at radius 1 is 0.389 bits per heavy atom. The molecule has 6 aromatic carbocycles. The first-order valence-corrected chi connectivity index (χ1v) is 43.5. The summed E-state index contributed by atoms with van der Waals surface area (Å²) in [6, 6.07) is 69.8. The highest BCUT2D eigenvalue weighted by atomic mass is 32.1. The summed E-state index contributed by atoms with van der Waals surface area (Å²) in [5.41, 5.74) is 6.07. The van der Waals surface area contributed by atoms with Crippen LogP contribution in [-0.2, 0) is 47.8 Å². The van der Waals surface area contributed by atoms with E-state index in [2.05, 4.69) is 21.4 Å². The topological polar surface area (TPSA) is 266 Å². The number of furan rings is 1. The SMILES string of the molecule is C/C=C/C(=O)C(C)C.C/C=C/C(=O)OC.C/C=C/C(=O)OCC.C/C=C/C(=O)c1ccccc1.C/C=C/C(=O)c1ccco1.C/C=C/C(=O)c1cccs1.C/C=C/C(C)=O.CC(=O)/C=C/C(C)C.CC(=O)/C=C/c1ccccc1.CCCCC/C=C/C(C)=O.O=C(/C=C/c1ccccc1)c1ccccc1.O=C(/C=C/c1ccccc1)c1ccccn1.O=C/C=C/c1ccccc1. The van der Waals surface area contributed by atoms with E-state index >= 15 is 0 Å². The predicted molar refractivity (Wildman–Crippen MR) is 542 cm³/mol. The molecule has 0 unspecified atom stereocenters. The van der Waals surface area contributed by atoms with Gasteiger partial charge < -0.3 is 13.9 Å². The summed E-state index contributed by atoms with van der Waals surface area (Å²) in [5.74, 6) is 1.13. The fraction of sp³-hybridized carbons (Fsp3) is 0.221. The molecule has 0 aliphatic rings. The highest BCUT2D eigenvalue weighted by Gasteiger charge is 2.05. The summed E-state index contributed by atoms with van der Waals surface area (Å²) in [7, 11) is 1.35. The summed E-state index contributed by atoms with van der Waals surface area (Å²) in [4.78, 5) is 143. The standard InChI is InChI=1S/C15H12O.C14H11NO.2C10H10O.C9H8O.C9H16O.C8H8O2.C8H8OS.2C7H12O.C6H10O2.C5H8O2.C5H8O/c16-15(14-9-5-2-6-10-14)12-11-13-7-3-1-4-8-13;16-14(13-8-4-5-11-15-13)10-9-12-6-2-1-3-7-12;1-9(11)7-8-10-5-3-2-4-6-10;1-2-6-10(11)9-7-4-3-5-8-9;10-8-4-7-9-5-2-1-3-6-9;1-3-4-5-6-7-8-9(2)10;2*1-2-4-7(9)8-5-3-6-10-8;1-6(2)4-5-7(3)8;1-4-5-7(8)6(2)3;1-3-5-6(7)8-4-2;1-3-4-5(6)7-2;1-3-4-5(2)6/h1-12H;1-11H;2*2-8H,1H3;1-8H;7-8H,3-6H2,1-2H3;2*2-6H,1H3;2*4-6H,1-3H3;3,5H,4H2,1-2H3;3-4H,1-2H3;3-4H,1-2H3/b12-11+;10-9+;8-7+;6-2+;7-4+;8-7+;2*4-2+;2*5-4+;5-3+;2*4-3+. The highest BCUT2D eigenvalue weighted by Crippen LogP contribution is 2.11. The molecule has 18 heteroatoms. The van der Waals surface area contributed by atoms with Crippen molar-refractivity contribution < 1.29 is 76.2 Å². The molecule has 9 rings (SSSR count). The number of ether oxygens (including phenoxy) is 2. The molecule has 3 aromatic heterocycles. The molecule has 131 heavy (non-hydrogen) atoms. The molecule has 0 N–H and O–H groups in total. The summed E-state index contributed by atoms with van der Waals surface area (Å²) >= 11 is 1.47. The normalized spacial score (nSPS) is 10.4. The molecule has 0 aliphatic carbocycles. The lowest BCUT2D eigenvalue weighted by atomic mass is 10.1. The fourth-order valence-corrected chi connectivity index (χ4v) is 9.27. The summed E-state index contributed by atoms with van der Waals surface area (Å²) in [5, 5.41) is 1.90. The number of methoxy groups -OCH3 is 1. The van der Waals surface area contributed by atoms with Crippen molar-refractivity contribution in [2.45, 2.75) is 143 Å². The summed E-state index contributed by atoms with van der Waals surface area (Å²) in [6.07, 6.45) is 51.6. The number of pyridine rings is 1. The predicted octanol–water partition coefficient (Wildman–Crippen LogP) is 27.0. The fourth-order valence-electron chi connectivity index (χ4n) is 8.62. The van der Waals surface area contributed by atoms with E-state index < -0.39 is 0 Å². The Kier molecular flexibility index (Phi) is 81.9. The minimum absolute atomic E-state index is 0.0319. The number of aldehydes is 1. The van der Waals surface area contributed by atoms with E-state index in [1.54, 1.807) is 182 Å². The number of allylic oxidation sites excluding steroid dienone is 20. The van der Waals surface area contributed by atoms with Gasteiger partial charge in [0.25, 0.3) is 0 Å². The molecule has 0 amide bonds. The van der Waals surface area contributed by atoms with Crippen molar-refractivity contribution in [3.8, 4) is 0 Å². The van der Waals surface area contributed by atoms with Gasteiger partial charge in [-0.05, 0) is 227 Å². The van der Waals surface area contributed by atoms with Gasteiger partial charge in [-0.15, -0.1) is 11.3 Å². The van der Waals surface area contributed by atoms with E-state index in [9.17, 15) is 62.3 Å². The summed E-state index contributed by atoms with van der Waals surface area (Å²) in [6.45, 7) is 31.1. The minimum atomic E-state index is -0.303. The molecule has 0 atom stereocenters. The third-order valence-electron chi connectivity index (χ3n) is 14.9. The number of ketones is 10. The van der Waals surface area contributed by atoms with E-state index in [0.717, 1.165) is 51.0 Å². The van der Waals surface area contributed by atoms with Crippen molar-refractivity contribution in [2.75, 3.05) is 13.7 Å². The van der Waals surface area contributed by atoms with Crippen LogP contribution in [-0.4, -0.2) is 94.8 Å². The number of thiophene rings is 1. The molecule has 0 saturated carbocycles. The van der Waals surface area contributed by atoms with Crippen LogP contribution < -0.4 is 0 Å². The van der Waals surface area contributed by atoms with Gasteiger partial charge in [-0.25, -0.2) is 9.59 Å². The lowest BCUT2D eigenvalue weighted by Crippen LogP contribution is -2.01. The van der Waals surface area contributed by atoms with Crippen LogP contribution in [0.4, 0.5) is 0 Å². The van der Waals surface area contributed by atoms with E-state index in [1.165, 1.54) is 87.4 Å². The van der Waals surface area contributed by atoms with Gasteiger partial charge in [0.2, 0.25) is 11.6 Å². The molecular weight excluding hydrogens is 1660 g/mol. The number of aromatic nitrogens is 1. The number of carbonyl (C=O) groups is 13. The van der Waals surface area contributed by atoms with E-state index in [1.807, 2.05) is 279 Å². The van der Waals surface area contributed by atoms with Crippen molar-refractivity contribution in [1.82, 2.24) is 4.98 Å². The van der Waals surface area contributed by atoms with Gasteiger partial charge in [0, 0.05) is 35.4 Å². The smallest absolute Gasteiger partial charge is 0.330 e. The largest absolute Gasteiger partial charge is 0.466 e. The molecule has 9 aromatic rings. The number of hydrogen-bond acceptors (Lipinski definition) is 18. The molecular formula is C113H133NO16S. The molecule has 0 radical (unpaired) electrons. The number of carbonyl (C=O) groups excluding carboxylic acids is 13. The van der Waals surface area contributed by atoms with Crippen LogP contribution in [0, 0.1) is 11.8 Å². The number of rotatable bonds is 29. The Morgan fingerprint density at radius 2 is 0.794 bits per heavy atom. The van der Waals surface area contributed by atoms with E-state index in [-0.39, 0.29) is 75.7 Å². The van der Waals surface area contributed by atoms with Gasteiger partial charge >= 0.3 is 11.9 Å². The van der Waals surface area contributed by atoms with Crippen molar-refractivity contribution in [1.29, 1.82) is 0 Å². The number of nitrogens with zero attached hydrogens (tertiary/aromatic N) is 1. The molecule has 0 aliphatic heterocycles. The minimum Gasteiger partial charge on any atom is -0.466 e. The number of esters is 2. The third-order valence-corrected chi connectivity index (χ3v) is 15.8. The van der Waals surface area contributed by atoms with Gasteiger partial charge in [0.15, 0.2) is 52.0 Å². The maximum atomic E-state index is 11.7. The Bertz CT molecular complexity index is 4840. The maximum absolute atomic E-state index is 11.7. The Hall–Kier alpha value is -14.6. The van der Waals surface area contributed by atoms with Crippen LogP contribution in [0.1, 0.15) is 217 Å². The van der Waals surface area contributed by atoms with Crippen LogP contribution in [0.25, 0.3) is 24.3 Å². The lowest BCUT2D eigenvalue weighted by Gasteiger charge is -1.94. The first-order valence-electron chi connectivity index (χ1n) is 42.6. The Morgan fingerprint density at radius 3 is 1.13 bits per heavy atom. The Labute approximate surface area is 782 Å². The van der Waals surface area contributed by atoms with Crippen LogP contribution in [0.5, 0.6) is 0 Å².